The smallest absolute Gasteiger partial charge is 0.130 e. The fourth-order valence-corrected chi connectivity index (χ4v) is 3.89. The molecule has 0 fully saturated rings. The van der Waals surface area contributed by atoms with Crippen LogP contribution in [0.3, 0.4) is 0 Å². The Morgan fingerprint density at radius 2 is 1.03 bits per heavy atom. The molecule has 0 aliphatic heterocycles. The van der Waals surface area contributed by atoms with Gasteiger partial charge in [0.25, 0.3) is 0 Å². The molecule has 0 N–H and O–H groups in total. The Labute approximate surface area is 232 Å². The molecule has 0 amide bonds. The van der Waals surface area contributed by atoms with E-state index < -0.39 is 0 Å². The SMILES string of the molecule is CC(C)c1ccc(C(C)C)nc1.CC(C)c1cnc(C(C)C)nc1.Cc1cc(C(C)C)cc(F)c1C(C)C. The van der Waals surface area contributed by atoms with E-state index in [1.54, 1.807) is 6.07 Å². The average molecular weight is 522 g/mol. The van der Waals surface area contributed by atoms with Crippen molar-refractivity contribution in [3.05, 3.63) is 88.0 Å². The second-order valence-corrected chi connectivity index (χ2v) is 12.1. The summed E-state index contributed by atoms with van der Waals surface area (Å²) in [5.74, 6) is 3.59. The van der Waals surface area contributed by atoms with E-state index in [1.165, 1.54) is 16.8 Å². The zero-order valence-corrected chi connectivity index (χ0v) is 26.2. The lowest BCUT2D eigenvalue weighted by molar-refractivity contribution is 0.591. The van der Waals surface area contributed by atoms with Gasteiger partial charge < -0.3 is 0 Å². The first-order valence-corrected chi connectivity index (χ1v) is 14.2. The van der Waals surface area contributed by atoms with E-state index in [-0.39, 0.29) is 11.7 Å². The van der Waals surface area contributed by atoms with Crippen LogP contribution in [0, 0.1) is 12.7 Å². The molecule has 0 saturated carbocycles. The predicted molar refractivity (Wildman–Crippen MR) is 162 cm³/mol. The zero-order chi connectivity index (χ0) is 29.2. The number of aryl methyl sites for hydroxylation is 1. The highest BCUT2D eigenvalue weighted by molar-refractivity contribution is 5.35. The molecule has 38 heavy (non-hydrogen) atoms. The predicted octanol–water partition coefficient (Wildman–Crippen LogP) is 10.4. The van der Waals surface area contributed by atoms with E-state index in [0.717, 1.165) is 22.5 Å². The molecule has 3 rings (SSSR count). The van der Waals surface area contributed by atoms with Crippen LogP contribution in [0.2, 0.25) is 0 Å². The second kappa shape index (κ2) is 15.7. The van der Waals surface area contributed by atoms with Gasteiger partial charge in [0.15, 0.2) is 0 Å². The van der Waals surface area contributed by atoms with E-state index in [4.69, 9.17) is 0 Å². The topological polar surface area (TPSA) is 38.7 Å². The lowest BCUT2D eigenvalue weighted by Gasteiger charge is -2.14. The quantitative estimate of drug-likeness (QED) is 0.324. The molecule has 0 aliphatic carbocycles. The number of rotatable bonds is 6. The van der Waals surface area contributed by atoms with Crippen molar-refractivity contribution in [1.82, 2.24) is 15.0 Å². The standard InChI is InChI=1S/C13H19F.C11H17N.C10H16N2/c1-8(2)11-6-10(5)13(9(3)4)12(14)7-11;1-8(2)10-5-6-11(9(3)4)12-7-10;1-7(2)9-5-11-10(8(3)4)12-6-9/h6-9H,1-5H3;5-9H,1-4H3;5-8H,1-4H3. The van der Waals surface area contributed by atoms with Crippen LogP contribution >= 0.6 is 0 Å². The normalized spacial score (nSPS) is 11.3. The highest BCUT2D eigenvalue weighted by Gasteiger charge is 2.12. The number of pyridine rings is 1. The minimum Gasteiger partial charge on any atom is -0.261 e. The fraction of sp³-hybridized carbons (Fsp3) is 0.559. The van der Waals surface area contributed by atoms with E-state index in [2.05, 4.69) is 102 Å². The van der Waals surface area contributed by atoms with Gasteiger partial charge in [0.1, 0.15) is 11.6 Å². The third kappa shape index (κ3) is 10.6. The molecule has 0 spiro atoms. The first-order valence-electron chi connectivity index (χ1n) is 14.2. The van der Waals surface area contributed by atoms with E-state index in [0.29, 0.717) is 29.6 Å². The summed E-state index contributed by atoms with van der Waals surface area (Å²) in [6, 6.07) is 8.07. The molecule has 3 aromatic rings. The molecule has 210 valence electrons. The second-order valence-electron chi connectivity index (χ2n) is 12.1. The van der Waals surface area contributed by atoms with Gasteiger partial charge in [-0.2, -0.15) is 0 Å². The van der Waals surface area contributed by atoms with Crippen molar-refractivity contribution in [2.24, 2.45) is 0 Å². The molecule has 0 radical (unpaired) electrons. The minimum absolute atomic E-state index is 0.0521. The molecule has 2 heterocycles. The molecule has 1 aromatic carbocycles. The number of hydrogen-bond acceptors (Lipinski definition) is 3. The van der Waals surface area contributed by atoms with Crippen molar-refractivity contribution in [3.63, 3.8) is 0 Å². The summed E-state index contributed by atoms with van der Waals surface area (Å²) < 4.78 is 13.7. The molecular formula is C34H52FN3. The Bertz CT molecular complexity index is 947. The summed E-state index contributed by atoms with van der Waals surface area (Å²) in [6.45, 7) is 27.4. The van der Waals surface area contributed by atoms with Crippen molar-refractivity contribution < 1.29 is 4.39 Å². The van der Waals surface area contributed by atoms with Gasteiger partial charge in [-0.15, -0.1) is 0 Å². The van der Waals surface area contributed by atoms with Crippen LogP contribution < -0.4 is 0 Å². The van der Waals surface area contributed by atoms with Crippen LogP contribution in [0.5, 0.6) is 0 Å². The van der Waals surface area contributed by atoms with Crippen molar-refractivity contribution in [1.29, 1.82) is 0 Å². The third-order valence-electron chi connectivity index (χ3n) is 6.55. The van der Waals surface area contributed by atoms with Crippen LogP contribution in [0.1, 0.15) is 158 Å². The Morgan fingerprint density at radius 1 is 0.526 bits per heavy atom. The van der Waals surface area contributed by atoms with Gasteiger partial charge in [-0.05, 0) is 76.5 Å². The number of hydrogen-bond donors (Lipinski definition) is 0. The largest absolute Gasteiger partial charge is 0.261 e. The zero-order valence-electron chi connectivity index (χ0n) is 26.2. The van der Waals surface area contributed by atoms with Crippen molar-refractivity contribution >= 4 is 0 Å². The van der Waals surface area contributed by atoms with Crippen LogP contribution in [-0.2, 0) is 0 Å². The average Bonchev–Trinajstić information content (AvgIpc) is 2.84. The maximum absolute atomic E-state index is 13.7. The maximum atomic E-state index is 13.7. The Hall–Kier alpha value is -2.62. The number of nitrogens with zero attached hydrogens (tertiary/aromatic N) is 3. The summed E-state index contributed by atoms with van der Waals surface area (Å²) in [5, 5.41) is 0. The van der Waals surface area contributed by atoms with Gasteiger partial charge in [-0.1, -0.05) is 95.2 Å². The number of aromatic nitrogens is 3. The van der Waals surface area contributed by atoms with Gasteiger partial charge >= 0.3 is 0 Å². The van der Waals surface area contributed by atoms with Crippen LogP contribution in [0.15, 0.2) is 42.9 Å². The summed E-state index contributed by atoms with van der Waals surface area (Å²) in [4.78, 5) is 13.0. The highest BCUT2D eigenvalue weighted by atomic mass is 19.1. The van der Waals surface area contributed by atoms with Crippen LogP contribution in [0.4, 0.5) is 4.39 Å². The molecule has 0 aliphatic rings. The summed E-state index contributed by atoms with van der Waals surface area (Å²) in [6.07, 6.45) is 5.83. The number of halogens is 1. The first-order chi connectivity index (χ1) is 17.6. The summed E-state index contributed by atoms with van der Waals surface area (Å²) in [7, 11) is 0. The molecule has 0 saturated heterocycles. The van der Waals surface area contributed by atoms with Crippen LogP contribution in [-0.4, -0.2) is 15.0 Å². The Morgan fingerprint density at radius 3 is 1.37 bits per heavy atom. The lowest BCUT2D eigenvalue weighted by Crippen LogP contribution is -2.00. The fourth-order valence-electron chi connectivity index (χ4n) is 3.89. The van der Waals surface area contributed by atoms with Crippen molar-refractivity contribution in [2.75, 3.05) is 0 Å². The van der Waals surface area contributed by atoms with E-state index >= 15 is 0 Å². The molecule has 0 bridgehead atoms. The Kier molecular flexibility index (Phi) is 13.8. The summed E-state index contributed by atoms with van der Waals surface area (Å²) >= 11 is 0. The first kappa shape index (κ1) is 33.4. The number of benzene rings is 1. The molecule has 0 unspecified atom stereocenters. The molecule has 0 atom stereocenters. The van der Waals surface area contributed by atoms with Gasteiger partial charge in [0, 0.05) is 30.2 Å². The maximum Gasteiger partial charge on any atom is 0.130 e. The van der Waals surface area contributed by atoms with Gasteiger partial charge in [-0.3, -0.25) is 4.98 Å². The molecule has 4 heteroatoms. The van der Waals surface area contributed by atoms with Gasteiger partial charge in [-0.25, -0.2) is 14.4 Å². The molecule has 3 nitrogen and oxygen atoms in total. The monoisotopic (exact) mass is 521 g/mol. The van der Waals surface area contributed by atoms with Gasteiger partial charge in [0.05, 0.1) is 0 Å². The van der Waals surface area contributed by atoms with E-state index in [1.807, 2.05) is 39.4 Å². The summed E-state index contributed by atoms with van der Waals surface area (Å²) in [5.41, 5.74) is 6.72. The molecule has 2 aromatic heterocycles. The van der Waals surface area contributed by atoms with Crippen molar-refractivity contribution in [2.45, 2.75) is 126 Å². The Balaban J connectivity index is 0.000000286. The van der Waals surface area contributed by atoms with Gasteiger partial charge in [0.2, 0.25) is 0 Å². The third-order valence-corrected chi connectivity index (χ3v) is 6.55. The van der Waals surface area contributed by atoms with Crippen molar-refractivity contribution in [3.8, 4) is 0 Å². The van der Waals surface area contributed by atoms with E-state index in [9.17, 15) is 4.39 Å². The minimum atomic E-state index is -0.0521. The highest BCUT2D eigenvalue weighted by Crippen LogP contribution is 2.27. The van der Waals surface area contributed by atoms with Crippen LogP contribution in [0.25, 0.3) is 0 Å². The molecular weight excluding hydrogens is 469 g/mol. The lowest BCUT2D eigenvalue weighted by atomic mass is 9.92.